The van der Waals surface area contributed by atoms with Crippen LogP contribution in [0, 0.1) is 0 Å². The maximum atomic E-state index is 6.14. The molecule has 2 aromatic rings. The van der Waals surface area contributed by atoms with Crippen LogP contribution in [0.15, 0.2) is 23.7 Å². The molecular formula is C12H11Cl3N2S. The fourth-order valence-corrected chi connectivity index (χ4v) is 2.87. The highest BCUT2D eigenvalue weighted by Gasteiger charge is 2.12. The van der Waals surface area contributed by atoms with Crippen LogP contribution in [-0.2, 0) is 6.54 Å². The minimum atomic E-state index is 0.149. The second-order valence-corrected chi connectivity index (χ2v) is 5.91. The number of nitrogens with one attached hydrogen (secondary N) is 1. The van der Waals surface area contributed by atoms with Crippen molar-refractivity contribution in [3.8, 4) is 0 Å². The molecule has 2 rings (SSSR count). The summed E-state index contributed by atoms with van der Waals surface area (Å²) in [4.78, 5) is 4.25. The molecule has 6 heteroatoms. The lowest BCUT2D eigenvalue weighted by molar-refractivity contribution is 0.572. The summed E-state index contributed by atoms with van der Waals surface area (Å²) in [6, 6.07) is 3.59. The number of aromatic nitrogens is 1. The predicted molar refractivity (Wildman–Crippen MR) is 78.8 cm³/mol. The maximum Gasteiger partial charge on any atom is 0.109 e. The van der Waals surface area contributed by atoms with Gasteiger partial charge in [-0.2, -0.15) is 0 Å². The largest absolute Gasteiger partial charge is 0.304 e. The molecule has 18 heavy (non-hydrogen) atoms. The van der Waals surface area contributed by atoms with Gasteiger partial charge in [0.2, 0.25) is 0 Å². The van der Waals surface area contributed by atoms with Crippen molar-refractivity contribution >= 4 is 46.1 Å². The zero-order chi connectivity index (χ0) is 13.1. The molecule has 1 atom stereocenters. The van der Waals surface area contributed by atoms with Gasteiger partial charge in [0, 0.05) is 28.7 Å². The number of halogens is 3. The Morgan fingerprint density at radius 3 is 2.67 bits per heavy atom. The SMILES string of the molecule is CC(NCc1c(Cl)ccc(Cl)c1Cl)c1nccs1. The predicted octanol–water partition coefficient (Wildman–Crippen LogP) is 4.95. The van der Waals surface area contributed by atoms with Crippen LogP contribution in [0.3, 0.4) is 0 Å². The first kappa shape index (κ1) is 14.1. The van der Waals surface area contributed by atoms with Crippen LogP contribution in [0.5, 0.6) is 0 Å². The van der Waals surface area contributed by atoms with Crippen LogP contribution in [0.2, 0.25) is 15.1 Å². The first-order valence-corrected chi connectivity index (χ1v) is 7.36. The summed E-state index contributed by atoms with van der Waals surface area (Å²) < 4.78 is 0. The highest BCUT2D eigenvalue weighted by Crippen LogP contribution is 2.31. The van der Waals surface area contributed by atoms with E-state index in [1.807, 2.05) is 12.3 Å². The standard InChI is InChI=1S/C12H11Cl3N2S/c1-7(12-16-4-5-18-12)17-6-8-9(13)2-3-10(14)11(8)15/h2-5,7,17H,6H2,1H3. The van der Waals surface area contributed by atoms with Gasteiger partial charge < -0.3 is 5.32 Å². The molecule has 0 amide bonds. The van der Waals surface area contributed by atoms with E-state index in [4.69, 9.17) is 34.8 Å². The Hall–Kier alpha value is -0.320. The van der Waals surface area contributed by atoms with Crippen molar-refractivity contribution in [2.45, 2.75) is 19.5 Å². The minimum absolute atomic E-state index is 0.149. The Balaban J connectivity index is 2.09. The van der Waals surface area contributed by atoms with Gasteiger partial charge in [-0.15, -0.1) is 11.3 Å². The minimum Gasteiger partial charge on any atom is -0.304 e. The normalized spacial score (nSPS) is 12.7. The molecule has 0 aliphatic heterocycles. The molecule has 0 bridgehead atoms. The van der Waals surface area contributed by atoms with E-state index in [0.717, 1.165) is 10.6 Å². The first-order chi connectivity index (χ1) is 8.59. The monoisotopic (exact) mass is 320 g/mol. The van der Waals surface area contributed by atoms with Gasteiger partial charge in [-0.25, -0.2) is 4.98 Å². The molecule has 0 aliphatic rings. The van der Waals surface area contributed by atoms with Crippen molar-refractivity contribution in [3.63, 3.8) is 0 Å². The van der Waals surface area contributed by atoms with E-state index in [9.17, 15) is 0 Å². The van der Waals surface area contributed by atoms with Gasteiger partial charge in [-0.05, 0) is 19.1 Å². The van der Waals surface area contributed by atoms with Gasteiger partial charge in [0.25, 0.3) is 0 Å². The Kier molecular flexibility index (Phi) is 4.87. The average Bonchev–Trinajstić information content (AvgIpc) is 2.87. The van der Waals surface area contributed by atoms with Crippen LogP contribution >= 0.6 is 46.1 Å². The van der Waals surface area contributed by atoms with E-state index >= 15 is 0 Å². The Morgan fingerprint density at radius 2 is 2.00 bits per heavy atom. The molecule has 1 unspecified atom stereocenters. The number of benzene rings is 1. The molecule has 1 heterocycles. The first-order valence-electron chi connectivity index (χ1n) is 5.34. The lowest BCUT2D eigenvalue weighted by Gasteiger charge is -2.13. The van der Waals surface area contributed by atoms with Crippen LogP contribution in [0.4, 0.5) is 0 Å². The molecule has 0 saturated carbocycles. The molecule has 1 N–H and O–H groups in total. The molecule has 0 fully saturated rings. The zero-order valence-corrected chi connectivity index (χ0v) is 12.7. The maximum absolute atomic E-state index is 6.14. The quantitative estimate of drug-likeness (QED) is 0.806. The van der Waals surface area contributed by atoms with E-state index in [2.05, 4.69) is 10.3 Å². The number of hydrogen-bond acceptors (Lipinski definition) is 3. The lowest BCUT2D eigenvalue weighted by atomic mass is 10.2. The Labute approximate surface area is 125 Å². The second-order valence-electron chi connectivity index (χ2n) is 3.79. The molecule has 1 aromatic carbocycles. The van der Waals surface area contributed by atoms with E-state index in [0.29, 0.717) is 21.6 Å². The highest BCUT2D eigenvalue weighted by atomic mass is 35.5. The van der Waals surface area contributed by atoms with E-state index in [1.165, 1.54) is 0 Å². The summed E-state index contributed by atoms with van der Waals surface area (Å²) in [6.07, 6.45) is 1.79. The molecule has 0 saturated heterocycles. The molecule has 0 radical (unpaired) electrons. The average molecular weight is 322 g/mol. The second kappa shape index (κ2) is 6.22. The van der Waals surface area contributed by atoms with Gasteiger partial charge in [0.1, 0.15) is 5.01 Å². The summed E-state index contributed by atoms with van der Waals surface area (Å²) in [5.41, 5.74) is 0.814. The fraction of sp³-hybridized carbons (Fsp3) is 0.250. The van der Waals surface area contributed by atoms with Gasteiger partial charge in [0.05, 0.1) is 16.1 Å². The molecule has 2 nitrogen and oxygen atoms in total. The molecular weight excluding hydrogens is 311 g/mol. The smallest absolute Gasteiger partial charge is 0.109 e. The van der Waals surface area contributed by atoms with Crippen molar-refractivity contribution < 1.29 is 0 Å². The summed E-state index contributed by atoms with van der Waals surface area (Å²) in [5, 5.41) is 7.94. The van der Waals surface area contributed by atoms with Gasteiger partial charge in [-0.3, -0.25) is 0 Å². The van der Waals surface area contributed by atoms with E-state index < -0.39 is 0 Å². The lowest BCUT2D eigenvalue weighted by Crippen LogP contribution is -2.18. The van der Waals surface area contributed by atoms with Crippen molar-refractivity contribution in [1.29, 1.82) is 0 Å². The van der Waals surface area contributed by atoms with Crippen molar-refractivity contribution in [2.75, 3.05) is 0 Å². The van der Waals surface area contributed by atoms with Crippen LogP contribution < -0.4 is 5.32 Å². The number of rotatable bonds is 4. The topological polar surface area (TPSA) is 24.9 Å². The van der Waals surface area contributed by atoms with Crippen molar-refractivity contribution in [1.82, 2.24) is 10.3 Å². The van der Waals surface area contributed by atoms with Crippen molar-refractivity contribution in [3.05, 3.63) is 49.3 Å². The molecule has 0 aliphatic carbocycles. The van der Waals surface area contributed by atoms with Gasteiger partial charge in [-0.1, -0.05) is 34.8 Å². The Morgan fingerprint density at radius 1 is 1.28 bits per heavy atom. The summed E-state index contributed by atoms with van der Waals surface area (Å²) >= 11 is 19.8. The molecule has 0 spiro atoms. The highest BCUT2D eigenvalue weighted by molar-refractivity contribution is 7.09. The van der Waals surface area contributed by atoms with Crippen molar-refractivity contribution in [2.24, 2.45) is 0 Å². The van der Waals surface area contributed by atoms with Crippen LogP contribution in [0.1, 0.15) is 23.5 Å². The zero-order valence-electron chi connectivity index (χ0n) is 9.58. The van der Waals surface area contributed by atoms with Gasteiger partial charge >= 0.3 is 0 Å². The van der Waals surface area contributed by atoms with Crippen LogP contribution in [0.25, 0.3) is 0 Å². The third-order valence-electron chi connectivity index (χ3n) is 2.55. The fourth-order valence-electron chi connectivity index (χ4n) is 1.52. The summed E-state index contributed by atoms with van der Waals surface area (Å²) in [6.45, 7) is 2.60. The third kappa shape index (κ3) is 3.16. The van der Waals surface area contributed by atoms with Crippen LogP contribution in [-0.4, -0.2) is 4.98 Å². The summed E-state index contributed by atoms with van der Waals surface area (Å²) in [5.74, 6) is 0. The summed E-state index contributed by atoms with van der Waals surface area (Å²) in [7, 11) is 0. The molecule has 96 valence electrons. The third-order valence-corrected chi connectivity index (χ3v) is 4.70. The van der Waals surface area contributed by atoms with Gasteiger partial charge in [0.15, 0.2) is 0 Å². The van der Waals surface area contributed by atoms with E-state index in [-0.39, 0.29) is 6.04 Å². The number of hydrogen-bond donors (Lipinski definition) is 1. The Bertz CT molecular complexity index is 528. The number of nitrogens with zero attached hydrogens (tertiary/aromatic N) is 1. The molecule has 1 aromatic heterocycles. The number of thiazole rings is 1. The van der Waals surface area contributed by atoms with E-state index in [1.54, 1.807) is 29.7 Å².